The highest BCUT2D eigenvalue weighted by molar-refractivity contribution is 5.76. The van der Waals surface area contributed by atoms with Crippen molar-refractivity contribution in [2.75, 3.05) is 0 Å². The van der Waals surface area contributed by atoms with Crippen LogP contribution in [0.3, 0.4) is 0 Å². The van der Waals surface area contributed by atoms with Crippen molar-refractivity contribution in [3.8, 4) is 5.75 Å². The topological polar surface area (TPSA) is 38.0 Å². The van der Waals surface area contributed by atoms with E-state index in [1.165, 1.54) is 5.52 Å². The number of nitrogens with zero attached hydrogens (tertiary/aromatic N) is 2. The maximum absolute atomic E-state index is 9.36. The van der Waals surface area contributed by atoms with Gasteiger partial charge in [0.2, 0.25) is 0 Å². The van der Waals surface area contributed by atoms with Crippen LogP contribution in [0.25, 0.3) is 11.0 Å². The average Bonchev–Trinajstić information content (AvgIpc) is 2.80. The first kappa shape index (κ1) is 12.7. The van der Waals surface area contributed by atoms with Crippen molar-refractivity contribution in [1.82, 2.24) is 9.55 Å². The van der Waals surface area contributed by atoms with Crippen LogP contribution >= 0.6 is 0 Å². The summed E-state index contributed by atoms with van der Waals surface area (Å²) >= 11 is 0. The van der Waals surface area contributed by atoms with Gasteiger partial charge in [-0.2, -0.15) is 0 Å². The maximum Gasteiger partial charge on any atom is 0.115 e. The van der Waals surface area contributed by atoms with Crippen molar-refractivity contribution in [2.24, 2.45) is 0 Å². The molecule has 1 heterocycles. The van der Waals surface area contributed by atoms with Gasteiger partial charge in [-0.15, -0.1) is 0 Å². The molecule has 3 heteroatoms. The van der Waals surface area contributed by atoms with E-state index in [1.807, 2.05) is 18.2 Å². The van der Waals surface area contributed by atoms with Gasteiger partial charge in [0, 0.05) is 13.0 Å². The number of phenolic OH excluding ortho intramolecular Hbond substituents is 1. The summed E-state index contributed by atoms with van der Waals surface area (Å²) < 4.78 is 2.29. The molecule has 0 spiro atoms. The minimum Gasteiger partial charge on any atom is -0.508 e. The van der Waals surface area contributed by atoms with Crippen LogP contribution in [-0.2, 0) is 13.0 Å². The quantitative estimate of drug-likeness (QED) is 0.781. The molecular weight excluding hydrogens is 248 g/mol. The van der Waals surface area contributed by atoms with E-state index >= 15 is 0 Å². The predicted octanol–water partition coefficient (Wildman–Crippen LogP) is 3.74. The molecule has 0 unspecified atom stereocenters. The number of aromatic nitrogens is 2. The van der Waals surface area contributed by atoms with Crippen LogP contribution in [0.1, 0.15) is 24.7 Å². The normalized spacial score (nSPS) is 11.1. The van der Waals surface area contributed by atoms with E-state index in [9.17, 15) is 5.11 Å². The summed E-state index contributed by atoms with van der Waals surface area (Å²) in [6.45, 7) is 3.16. The van der Waals surface area contributed by atoms with Gasteiger partial charge in [0.25, 0.3) is 0 Å². The Hall–Kier alpha value is -2.29. The fraction of sp³-hybridized carbons (Fsp3) is 0.235. The molecule has 0 aliphatic rings. The summed E-state index contributed by atoms with van der Waals surface area (Å²) in [6, 6.07) is 15.6. The van der Waals surface area contributed by atoms with Crippen LogP contribution in [0, 0.1) is 0 Å². The molecular formula is C17H18N2O. The van der Waals surface area contributed by atoms with E-state index in [-0.39, 0.29) is 0 Å². The minimum absolute atomic E-state index is 0.302. The maximum atomic E-state index is 9.36. The zero-order chi connectivity index (χ0) is 13.9. The van der Waals surface area contributed by atoms with Gasteiger partial charge in [0.1, 0.15) is 11.6 Å². The highest BCUT2D eigenvalue weighted by atomic mass is 16.3. The van der Waals surface area contributed by atoms with Crippen LogP contribution in [-0.4, -0.2) is 14.7 Å². The summed E-state index contributed by atoms with van der Waals surface area (Å²) in [7, 11) is 0. The third-order valence-electron chi connectivity index (χ3n) is 3.48. The standard InChI is InChI=1S/C17H18N2O/c1-2-11-19-16-6-4-3-5-15(16)18-17(19)12-13-7-9-14(20)10-8-13/h3-10,20H,2,11-12H2,1H3. The molecule has 2 aromatic carbocycles. The first-order valence-corrected chi connectivity index (χ1v) is 7.00. The van der Waals surface area contributed by atoms with Gasteiger partial charge in [-0.3, -0.25) is 0 Å². The number of aromatic hydroxyl groups is 1. The van der Waals surface area contributed by atoms with E-state index in [1.54, 1.807) is 12.1 Å². The van der Waals surface area contributed by atoms with Crippen molar-refractivity contribution in [2.45, 2.75) is 26.3 Å². The molecule has 0 atom stereocenters. The molecule has 0 aliphatic heterocycles. The van der Waals surface area contributed by atoms with E-state index in [2.05, 4.69) is 29.7 Å². The lowest BCUT2D eigenvalue weighted by molar-refractivity contribution is 0.475. The van der Waals surface area contributed by atoms with Gasteiger partial charge in [-0.1, -0.05) is 31.2 Å². The molecule has 0 bridgehead atoms. The van der Waals surface area contributed by atoms with Gasteiger partial charge in [-0.25, -0.2) is 4.98 Å². The third kappa shape index (κ3) is 2.39. The Kier molecular flexibility index (Phi) is 3.42. The highest BCUT2D eigenvalue weighted by Crippen LogP contribution is 2.20. The number of hydrogen-bond donors (Lipinski definition) is 1. The molecule has 102 valence electrons. The number of para-hydroxylation sites is 2. The molecule has 0 radical (unpaired) electrons. The fourth-order valence-corrected chi connectivity index (χ4v) is 2.53. The lowest BCUT2D eigenvalue weighted by atomic mass is 10.1. The number of imidazole rings is 1. The summed E-state index contributed by atoms with van der Waals surface area (Å²) in [5, 5.41) is 9.36. The summed E-state index contributed by atoms with van der Waals surface area (Å²) in [5.41, 5.74) is 3.41. The largest absolute Gasteiger partial charge is 0.508 e. The van der Waals surface area contributed by atoms with Crippen LogP contribution in [0.15, 0.2) is 48.5 Å². The van der Waals surface area contributed by atoms with Crippen LogP contribution in [0.2, 0.25) is 0 Å². The number of phenols is 1. The molecule has 0 amide bonds. The second kappa shape index (κ2) is 5.37. The van der Waals surface area contributed by atoms with Gasteiger partial charge in [0.15, 0.2) is 0 Å². The highest BCUT2D eigenvalue weighted by Gasteiger charge is 2.10. The Bertz CT molecular complexity index is 713. The molecule has 3 nitrogen and oxygen atoms in total. The smallest absolute Gasteiger partial charge is 0.115 e. The first-order valence-electron chi connectivity index (χ1n) is 7.00. The van der Waals surface area contributed by atoms with E-state index in [0.717, 1.165) is 36.3 Å². The molecule has 0 fully saturated rings. The summed E-state index contributed by atoms with van der Waals surface area (Å²) in [5.74, 6) is 1.38. The molecule has 0 saturated heterocycles. The SMILES string of the molecule is CCCn1c(Cc2ccc(O)cc2)nc2ccccc21. The van der Waals surface area contributed by atoms with Crippen molar-refractivity contribution >= 4 is 11.0 Å². The number of rotatable bonds is 4. The third-order valence-corrected chi connectivity index (χ3v) is 3.48. The van der Waals surface area contributed by atoms with Crippen molar-refractivity contribution in [3.63, 3.8) is 0 Å². The molecule has 1 aromatic heterocycles. The van der Waals surface area contributed by atoms with Gasteiger partial charge >= 0.3 is 0 Å². The summed E-state index contributed by atoms with van der Waals surface area (Å²) in [6.07, 6.45) is 1.87. The van der Waals surface area contributed by atoms with Crippen LogP contribution in [0.4, 0.5) is 0 Å². The van der Waals surface area contributed by atoms with Crippen molar-refractivity contribution in [1.29, 1.82) is 0 Å². The number of benzene rings is 2. The summed E-state index contributed by atoms with van der Waals surface area (Å²) in [4.78, 5) is 4.75. The Balaban J connectivity index is 2.01. The van der Waals surface area contributed by atoms with Gasteiger partial charge in [-0.05, 0) is 36.2 Å². The molecule has 0 saturated carbocycles. The second-order valence-corrected chi connectivity index (χ2v) is 5.01. The minimum atomic E-state index is 0.302. The van der Waals surface area contributed by atoms with E-state index < -0.39 is 0 Å². The molecule has 3 rings (SSSR count). The Morgan fingerprint density at radius 2 is 1.80 bits per heavy atom. The average molecular weight is 266 g/mol. The lowest BCUT2D eigenvalue weighted by Gasteiger charge is -2.08. The van der Waals surface area contributed by atoms with E-state index in [4.69, 9.17) is 4.98 Å². The van der Waals surface area contributed by atoms with Gasteiger partial charge < -0.3 is 9.67 Å². The molecule has 0 aliphatic carbocycles. The van der Waals surface area contributed by atoms with Crippen LogP contribution < -0.4 is 0 Å². The zero-order valence-corrected chi connectivity index (χ0v) is 11.6. The van der Waals surface area contributed by atoms with Gasteiger partial charge in [0.05, 0.1) is 11.0 Å². The molecule has 20 heavy (non-hydrogen) atoms. The van der Waals surface area contributed by atoms with E-state index in [0.29, 0.717) is 5.75 Å². The molecule has 3 aromatic rings. The first-order chi connectivity index (χ1) is 9.78. The van der Waals surface area contributed by atoms with Crippen LogP contribution in [0.5, 0.6) is 5.75 Å². The monoisotopic (exact) mass is 266 g/mol. The lowest BCUT2D eigenvalue weighted by Crippen LogP contribution is -2.04. The fourth-order valence-electron chi connectivity index (χ4n) is 2.53. The van der Waals surface area contributed by atoms with Crippen molar-refractivity contribution in [3.05, 3.63) is 59.9 Å². The number of aryl methyl sites for hydroxylation is 1. The predicted molar refractivity (Wildman–Crippen MR) is 80.9 cm³/mol. The number of hydrogen-bond acceptors (Lipinski definition) is 2. The molecule has 1 N–H and O–H groups in total. The zero-order valence-electron chi connectivity index (χ0n) is 11.6. The second-order valence-electron chi connectivity index (χ2n) is 5.01. The van der Waals surface area contributed by atoms with Crippen molar-refractivity contribution < 1.29 is 5.11 Å². The Morgan fingerprint density at radius 1 is 1.05 bits per heavy atom. The Morgan fingerprint density at radius 3 is 2.55 bits per heavy atom. The Labute approximate surface area is 118 Å². The number of fused-ring (bicyclic) bond motifs is 1.